The summed E-state index contributed by atoms with van der Waals surface area (Å²) in [4.78, 5) is 0. The molecule has 0 heterocycles. The molecule has 0 radical (unpaired) electrons. The van der Waals surface area contributed by atoms with Crippen molar-refractivity contribution in [2.75, 3.05) is 12.0 Å². The zero-order valence-corrected chi connectivity index (χ0v) is 12.2. The summed E-state index contributed by atoms with van der Waals surface area (Å²) >= 11 is 0. The highest BCUT2D eigenvalue weighted by Gasteiger charge is 2.32. The van der Waals surface area contributed by atoms with Crippen LogP contribution in [0.4, 0.5) is 0 Å². The number of rotatable bonds is 5. The van der Waals surface area contributed by atoms with Crippen molar-refractivity contribution in [3.8, 4) is 0 Å². The van der Waals surface area contributed by atoms with Gasteiger partial charge in [-0.05, 0) is 50.4 Å². The Morgan fingerprint density at radius 2 is 1.82 bits per heavy atom. The Bertz CT molecular complexity index is 327. The number of hydrogen-bond donors (Lipinski definition) is 1. The Morgan fingerprint density at radius 3 is 2.24 bits per heavy atom. The molecular formula is C13H27NO2S. The molecule has 4 heteroatoms. The summed E-state index contributed by atoms with van der Waals surface area (Å²) in [6.07, 6.45) is 7.37. The summed E-state index contributed by atoms with van der Waals surface area (Å²) in [5, 5.41) is 0. The third-order valence-corrected chi connectivity index (χ3v) is 5.19. The molecule has 1 aliphatic rings. The number of hydrogen-bond acceptors (Lipinski definition) is 3. The maximum atomic E-state index is 11.1. The predicted octanol–water partition coefficient (Wildman–Crippen LogP) is 2.35. The van der Waals surface area contributed by atoms with Gasteiger partial charge in [0.15, 0.2) is 0 Å². The molecule has 1 fully saturated rings. The first-order chi connectivity index (χ1) is 7.72. The molecule has 102 valence electrons. The minimum atomic E-state index is -2.83. The molecule has 0 aliphatic heterocycles. The topological polar surface area (TPSA) is 60.2 Å². The highest BCUT2D eigenvalue weighted by molar-refractivity contribution is 7.90. The lowest BCUT2D eigenvalue weighted by Gasteiger charge is -2.38. The quantitative estimate of drug-likeness (QED) is 0.826. The summed E-state index contributed by atoms with van der Waals surface area (Å²) in [5.41, 5.74) is 6.25. The van der Waals surface area contributed by atoms with Gasteiger partial charge in [-0.1, -0.05) is 13.8 Å². The van der Waals surface area contributed by atoms with Crippen LogP contribution in [0.15, 0.2) is 0 Å². The Labute approximate surface area is 106 Å². The monoisotopic (exact) mass is 261 g/mol. The minimum absolute atomic E-state index is 0.101. The van der Waals surface area contributed by atoms with Crippen LogP contribution in [0.25, 0.3) is 0 Å². The van der Waals surface area contributed by atoms with Gasteiger partial charge in [0.1, 0.15) is 9.84 Å². The molecule has 17 heavy (non-hydrogen) atoms. The first kappa shape index (κ1) is 15.0. The molecule has 3 nitrogen and oxygen atoms in total. The van der Waals surface area contributed by atoms with Crippen LogP contribution in [0, 0.1) is 11.8 Å². The largest absolute Gasteiger partial charge is 0.325 e. The molecule has 0 aromatic rings. The summed E-state index contributed by atoms with van der Waals surface area (Å²) in [5.74, 6) is 1.83. The maximum Gasteiger partial charge on any atom is 0.147 e. The molecule has 0 bridgehead atoms. The lowest BCUT2D eigenvalue weighted by molar-refractivity contribution is 0.186. The van der Waals surface area contributed by atoms with Gasteiger partial charge < -0.3 is 5.73 Å². The van der Waals surface area contributed by atoms with Crippen LogP contribution in [-0.4, -0.2) is 26.0 Å². The van der Waals surface area contributed by atoms with Gasteiger partial charge in [0.2, 0.25) is 0 Å². The molecule has 0 spiro atoms. The Morgan fingerprint density at radius 1 is 1.29 bits per heavy atom. The molecule has 1 aliphatic carbocycles. The second kappa shape index (κ2) is 5.70. The molecular weight excluding hydrogens is 234 g/mol. The van der Waals surface area contributed by atoms with Gasteiger partial charge in [-0.2, -0.15) is 0 Å². The fourth-order valence-electron chi connectivity index (χ4n) is 2.82. The third-order valence-electron chi connectivity index (χ3n) is 4.16. The van der Waals surface area contributed by atoms with Crippen LogP contribution in [-0.2, 0) is 9.84 Å². The van der Waals surface area contributed by atoms with Crippen molar-refractivity contribution < 1.29 is 8.42 Å². The van der Waals surface area contributed by atoms with Crippen molar-refractivity contribution in [3.05, 3.63) is 0 Å². The molecule has 1 saturated carbocycles. The first-order valence-corrected chi connectivity index (χ1v) is 8.74. The van der Waals surface area contributed by atoms with Crippen molar-refractivity contribution in [2.24, 2.45) is 17.6 Å². The number of sulfone groups is 1. The average molecular weight is 261 g/mol. The zero-order valence-electron chi connectivity index (χ0n) is 11.4. The Hall–Kier alpha value is -0.0900. The SMILES string of the molecule is CC(C)C1CCC(N)(CCCS(C)(=O)=O)CC1. The van der Waals surface area contributed by atoms with Crippen molar-refractivity contribution in [1.82, 2.24) is 0 Å². The molecule has 0 aromatic heterocycles. The van der Waals surface area contributed by atoms with Crippen molar-refractivity contribution in [1.29, 1.82) is 0 Å². The number of nitrogens with two attached hydrogens (primary N) is 1. The standard InChI is InChI=1S/C13H27NO2S/c1-11(2)12-5-8-13(14,9-6-12)7-4-10-17(3,15)16/h11-12H,4-10,14H2,1-3H3. The normalized spacial score (nSPS) is 30.8. The van der Waals surface area contributed by atoms with Crippen LogP contribution in [0.1, 0.15) is 52.4 Å². The van der Waals surface area contributed by atoms with E-state index in [4.69, 9.17) is 5.73 Å². The van der Waals surface area contributed by atoms with Gasteiger partial charge in [0.05, 0.1) is 0 Å². The molecule has 1 rings (SSSR count). The summed E-state index contributed by atoms with van der Waals surface area (Å²) in [6, 6.07) is 0. The van der Waals surface area contributed by atoms with E-state index in [0.717, 1.165) is 31.1 Å². The Balaban J connectivity index is 2.35. The second-order valence-corrected chi connectivity index (χ2v) is 8.44. The first-order valence-electron chi connectivity index (χ1n) is 6.68. The van der Waals surface area contributed by atoms with E-state index in [-0.39, 0.29) is 11.3 Å². The van der Waals surface area contributed by atoms with Crippen molar-refractivity contribution >= 4 is 9.84 Å². The highest BCUT2D eigenvalue weighted by atomic mass is 32.2. The van der Waals surface area contributed by atoms with E-state index < -0.39 is 9.84 Å². The van der Waals surface area contributed by atoms with Crippen LogP contribution >= 0.6 is 0 Å². The van der Waals surface area contributed by atoms with Crippen LogP contribution < -0.4 is 5.73 Å². The fourth-order valence-corrected chi connectivity index (χ4v) is 3.49. The summed E-state index contributed by atoms with van der Waals surface area (Å²) in [7, 11) is -2.83. The van der Waals surface area contributed by atoms with E-state index in [1.807, 2.05) is 0 Å². The lowest BCUT2D eigenvalue weighted by Crippen LogP contribution is -2.44. The fraction of sp³-hybridized carbons (Fsp3) is 1.00. The maximum absolute atomic E-state index is 11.1. The van der Waals surface area contributed by atoms with Crippen molar-refractivity contribution in [2.45, 2.75) is 57.9 Å². The van der Waals surface area contributed by atoms with Gasteiger partial charge in [0, 0.05) is 17.5 Å². The second-order valence-electron chi connectivity index (χ2n) is 6.18. The molecule has 0 amide bonds. The van der Waals surface area contributed by atoms with Crippen molar-refractivity contribution in [3.63, 3.8) is 0 Å². The predicted molar refractivity (Wildman–Crippen MR) is 72.7 cm³/mol. The molecule has 0 aromatic carbocycles. The molecule has 0 atom stereocenters. The summed E-state index contributed by atoms with van der Waals surface area (Å²) in [6.45, 7) is 4.55. The lowest BCUT2D eigenvalue weighted by atomic mass is 9.72. The highest BCUT2D eigenvalue weighted by Crippen LogP contribution is 2.36. The third kappa shape index (κ3) is 5.38. The smallest absolute Gasteiger partial charge is 0.147 e. The van der Waals surface area contributed by atoms with Gasteiger partial charge in [-0.25, -0.2) is 8.42 Å². The van der Waals surface area contributed by atoms with Crippen LogP contribution in [0.3, 0.4) is 0 Å². The summed E-state index contributed by atoms with van der Waals surface area (Å²) < 4.78 is 22.2. The zero-order chi connectivity index (χ0) is 13.1. The molecule has 0 saturated heterocycles. The van der Waals surface area contributed by atoms with E-state index in [2.05, 4.69) is 13.8 Å². The molecule has 2 N–H and O–H groups in total. The van der Waals surface area contributed by atoms with E-state index >= 15 is 0 Å². The van der Waals surface area contributed by atoms with Crippen LogP contribution in [0.2, 0.25) is 0 Å². The van der Waals surface area contributed by atoms with E-state index in [1.165, 1.54) is 19.1 Å². The van der Waals surface area contributed by atoms with E-state index in [1.54, 1.807) is 0 Å². The van der Waals surface area contributed by atoms with Gasteiger partial charge in [-0.3, -0.25) is 0 Å². The molecule has 0 unspecified atom stereocenters. The minimum Gasteiger partial charge on any atom is -0.325 e. The van der Waals surface area contributed by atoms with E-state index in [9.17, 15) is 8.42 Å². The van der Waals surface area contributed by atoms with Gasteiger partial charge in [-0.15, -0.1) is 0 Å². The van der Waals surface area contributed by atoms with Crippen LogP contribution in [0.5, 0.6) is 0 Å². The van der Waals surface area contributed by atoms with E-state index in [0.29, 0.717) is 6.42 Å². The van der Waals surface area contributed by atoms with Gasteiger partial charge >= 0.3 is 0 Å². The Kier molecular flexibility index (Phi) is 5.02. The average Bonchev–Trinajstić information content (AvgIpc) is 2.15. The van der Waals surface area contributed by atoms with Gasteiger partial charge in [0.25, 0.3) is 0 Å².